The summed E-state index contributed by atoms with van der Waals surface area (Å²) in [5.41, 5.74) is 4.22. The van der Waals surface area contributed by atoms with Gasteiger partial charge in [-0.05, 0) is 36.1 Å². The van der Waals surface area contributed by atoms with Gasteiger partial charge in [0.25, 0.3) is 0 Å². The van der Waals surface area contributed by atoms with Gasteiger partial charge in [-0.2, -0.15) is 0 Å². The van der Waals surface area contributed by atoms with Crippen LogP contribution in [-0.4, -0.2) is 18.9 Å². The fourth-order valence-electron chi connectivity index (χ4n) is 4.08. The number of allylic oxidation sites excluding steroid dienone is 1. The van der Waals surface area contributed by atoms with Crippen LogP contribution < -0.4 is 10.6 Å². The van der Waals surface area contributed by atoms with Crippen molar-refractivity contribution in [3.8, 4) is 0 Å². The molecule has 144 valence electrons. The first-order valence-corrected chi connectivity index (χ1v) is 10.0. The number of Topliss-reactive ketones (excluding diaryl/α,β-unsaturated/α-hetero) is 1. The second-order valence-electron chi connectivity index (χ2n) is 7.21. The molecule has 0 unspecified atom stereocenters. The van der Waals surface area contributed by atoms with Crippen molar-refractivity contribution >= 4 is 39.1 Å². The normalized spacial score (nSPS) is 23.7. The molecule has 2 N–H and O–H groups in total. The number of ether oxygens (including phenoxy) is 1. The van der Waals surface area contributed by atoms with Crippen LogP contribution in [0, 0.1) is 11.8 Å². The number of para-hydroxylation sites is 2. The number of anilines is 2. The van der Waals surface area contributed by atoms with E-state index < -0.39 is 11.9 Å². The number of fused-ring (bicyclic) bond motifs is 1. The second kappa shape index (κ2) is 7.43. The van der Waals surface area contributed by atoms with Gasteiger partial charge in [0.1, 0.15) is 5.92 Å². The maximum atomic E-state index is 13.5. The monoisotopic (exact) mass is 440 g/mol. The standard InChI is InChI=1S/C22H21BrN2O3/c1-12-11-17-19(21(26)18(12)22(27)28-2)20(13-7-3-4-8-14(13)23)25-16-10-6-5-9-15(16)24-17/h3-10,12,18,20,24-25H,11H2,1-2H3/t12-,18-,20-/m1/s1. The average Bonchev–Trinajstić information content (AvgIpc) is 2.84. The Balaban J connectivity index is 1.90. The molecule has 28 heavy (non-hydrogen) atoms. The largest absolute Gasteiger partial charge is 0.468 e. The predicted molar refractivity (Wildman–Crippen MR) is 112 cm³/mol. The molecule has 0 radical (unpaired) electrons. The highest BCUT2D eigenvalue weighted by molar-refractivity contribution is 9.10. The van der Waals surface area contributed by atoms with E-state index in [1.807, 2.05) is 55.5 Å². The molecule has 0 saturated heterocycles. The molecule has 0 amide bonds. The third-order valence-corrected chi connectivity index (χ3v) is 6.16. The van der Waals surface area contributed by atoms with Crippen molar-refractivity contribution in [2.24, 2.45) is 11.8 Å². The quantitative estimate of drug-likeness (QED) is 0.524. The summed E-state index contributed by atoms with van der Waals surface area (Å²) in [6.07, 6.45) is 0.595. The van der Waals surface area contributed by atoms with Gasteiger partial charge < -0.3 is 15.4 Å². The molecule has 1 heterocycles. The number of benzene rings is 2. The molecule has 1 aliphatic carbocycles. The lowest BCUT2D eigenvalue weighted by atomic mass is 9.75. The molecular formula is C22H21BrN2O3. The maximum Gasteiger partial charge on any atom is 0.316 e. The number of nitrogens with one attached hydrogen (secondary N) is 2. The highest BCUT2D eigenvalue weighted by Gasteiger charge is 2.44. The van der Waals surface area contributed by atoms with E-state index in [-0.39, 0.29) is 17.7 Å². The molecule has 2 aromatic carbocycles. The molecule has 0 aromatic heterocycles. The van der Waals surface area contributed by atoms with Crippen LogP contribution in [0.2, 0.25) is 0 Å². The number of esters is 1. The first-order valence-electron chi connectivity index (χ1n) is 9.23. The van der Waals surface area contributed by atoms with Crippen LogP contribution in [-0.2, 0) is 14.3 Å². The van der Waals surface area contributed by atoms with E-state index in [0.717, 1.165) is 27.1 Å². The number of carbonyl (C=O) groups excluding carboxylic acids is 2. The maximum absolute atomic E-state index is 13.5. The van der Waals surface area contributed by atoms with E-state index in [0.29, 0.717) is 12.0 Å². The van der Waals surface area contributed by atoms with Gasteiger partial charge in [-0.25, -0.2) is 0 Å². The summed E-state index contributed by atoms with van der Waals surface area (Å²) in [5, 5.41) is 6.96. The molecule has 1 aliphatic heterocycles. The van der Waals surface area contributed by atoms with Gasteiger partial charge >= 0.3 is 5.97 Å². The zero-order valence-corrected chi connectivity index (χ0v) is 17.2. The van der Waals surface area contributed by atoms with E-state index in [1.165, 1.54) is 7.11 Å². The van der Waals surface area contributed by atoms with Crippen LogP contribution in [0.3, 0.4) is 0 Å². The Morgan fingerprint density at radius 3 is 2.50 bits per heavy atom. The highest BCUT2D eigenvalue weighted by atomic mass is 79.9. The summed E-state index contributed by atoms with van der Waals surface area (Å²) in [6.45, 7) is 1.92. The number of ketones is 1. The molecule has 3 atom stereocenters. The second-order valence-corrected chi connectivity index (χ2v) is 8.06. The van der Waals surface area contributed by atoms with E-state index in [1.54, 1.807) is 0 Å². The fraction of sp³-hybridized carbons (Fsp3) is 0.273. The average molecular weight is 441 g/mol. The number of carbonyl (C=O) groups is 2. The minimum Gasteiger partial charge on any atom is -0.468 e. The van der Waals surface area contributed by atoms with Gasteiger partial charge in [-0.1, -0.05) is 53.2 Å². The van der Waals surface area contributed by atoms with Crippen molar-refractivity contribution in [3.63, 3.8) is 0 Å². The predicted octanol–water partition coefficient (Wildman–Crippen LogP) is 4.68. The smallest absolute Gasteiger partial charge is 0.316 e. The molecule has 0 bridgehead atoms. The minimum atomic E-state index is -0.793. The number of hydrogen-bond donors (Lipinski definition) is 2. The van der Waals surface area contributed by atoms with Gasteiger partial charge in [0.2, 0.25) is 0 Å². The van der Waals surface area contributed by atoms with Crippen LogP contribution >= 0.6 is 15.9 Å². The van der Waals surface area contributed by atoms with Crippen LogP contribution in [0.4, 0.5) is 11.4 Å². The Morgan fingerprint density at radius 2 is 1.79 bits per heavy atom. The first-order chi connectivity index (χ1) is 13.5. The minimum absolute atomic E-state index is 0.142. The third kappa shape index (κ3) is 3.11. The Kier molecular flexibility index (Phi) is 4.98. The summed E-state index contributed by atoms with van der Waals surface area (Å²) in [5.74, 6) is -1.60. The fourth-order valence-corrected chi connectivity index (χ4v) is 4.59. The molecule has 0 spiro atoms. The Bertz CT molecular complexity index is 985. The number of halogens is 1. The molecule has 4 rings (SSSR count). The molecule has 5 nitrogen and oxygen atoms in total. The van der Waals surface area contributed by atoms with Crippen LogP contribution in [0.25, 0.3) is 0 Å². The van der Waals surface area contributed by atoms with Crippen molar-refractivity contribution in [1.82, 2.24) is 0 Å². The van der Waals surface area contributed by atoms with Gasteiger partial charge in [-0.15, -0.1) is 0 Å². The van der Waals surface area contributed by atoms with Crippen LogP contribution in [0.5, 0.6) is 0 Å². The van der Waals surface area contributed by atoms with Gasteiger partial charge in [0, 0.05) is 15.7 Å². The summed E-state index contributed by atoms with van der Waals surface area (Å²) in [6, 6.07) is 15.3. The molecule has 0 saturated carbocycles. The number of hydrogen-bond acceptors (Lipinski definition) is 5. The summed E-state index contributed by atoms with van der Waals surface area (Å²) in [4.78, 5) is 25.9. The molecule has 2 aliphatic rings. The van der Waals surface area contributed by atoms with Gasteiger partial charge in [0.05, 0.1) is 24.5 Å². The number of methoxy groups -OCH3 is 1. The van der Waals surface area contributed by atoms with Crippen LogP contribution in [0.15, 0.2) is 64.3 Å². The zero-order valence-electron chi connectivity index (χ0n) is 15.7. The Hall–Kier alpha value is -2.60. The van der Waals surface area contributed by atoms with E-state index in [4.69, 9.17) is 4.74 Å². The van der Waals surface area contributed by atoms with E-state index in [9.17, 15) is 9.59 Å². The van der Waals surface area contributed by atoms with Gasteiger partial charge in [0.15, 0.2) is 5.78 Å². The van der Waals surface area contributed by atoms with Crippen molar-refractivity contribution in [2.45, 2.75) is 19.4 Å². The lowest BCUT2D eigenvalue weighted by Gasteiger charge is -2.32. The van der Waals surface area contributed by atoms with Crippen LogP contribution in [0.1, 0.15) is 24.9 Å². The topological polar surface area (TPSA) is 67.4 Å². The molecule has 6 heteroatoms. The first kappa shape index (κ1) is 18.7. The van der Waals surface area contributed by atoms with Crippen molar-refractivity contribution in [1.29, 1.82) is 0 Å². The summed E-state index contributed by atoms with van der Waals surface area (Å²) < 4.78 is 5.84. The third-order valence-electron chi connectivity index (χ3n) is 5.44. The summed E-state index contributed by atoms with van der Waals surface area (Å²) in [7, 11) is 1.33. The lowest BCUT2D eigenvalue weighted by Crippen LogP contribution is -2.39. The van der Waals surface area contributed by atoms with Crippen molar-refractivity contribution in [3.05, 3.63) is 69.8 Å². The lowest BCUT2D eigenvalue weighted by molar-refractivity contribution is -0.151. The SMILES string of the molecule is COC(=O)[C@H]1C(=O)C2=C(C[C@H]1C)Nc1ccccc1N[C@@H]2c1ccccc1Br. The number of rotatable bonds is 2. The van der Waals surface area contributed by atoms with E-state index >= 15 is 0 Å². The molecule has 0 fully saturated rings. The summed E-state index contributed by atoms with van der Waals surface area (Å²) >= 11 is 3.62. The van der Waals surface area contributed by atoms with Crippen molar-refractivity contribution < 1.29 is 14.3 Å². The molecule has 2 aromatic rings. The van der Waals surface area contributed by atoms with E-state index in [2.05, 4.69) is 26.6 Å². The Morgan fingerprint density at radius 1 is 1.11 bits per heavy atom. The van der Waals surface area contributed by atoms with Gasteiger partial charge in [-0.3, -0.25) is 9.59 Å². The highest BCUT2D eigenvalue weighted by Crippen LogP contribution is 2.44. The van der Waals surface area contributed by atoms with Crippen molar-refractivity contribution in [2.75, 3.05) is 17.7 Å². The molecular weight excluding hydrogens is 420 g/mol. The Labute approximate surface area is 172 Å². The zero-order chi connectivity index (χ0) is 19.8.